The van der Waals surface area contributed by atoms with Gasteiger partial charge in [-0.1, -0.05) is 23.7 Å². The van der Waals surface area contributed by atoms with E-state index in [4.69, 9.17) is 38.0 Å². The van der Waals surface area contributed by atoms with Crippen LogP contribution in [0.3, 0.4) is 0 Å². The van der Waals surface area contributed by atoms with Crippen LogP contribution in [0, 0.1) is 0 Å². The molecule has 1 N–H and O–H groups in total. The fourth-order valence-electron chi connectivity index (χ4n) is 3.10. The summed E-state index contributed by atoms with van der Waals surface area (Å²) in [5.41, 5.74) is 2.94. The Labute approximate surface area is 193 Å². The fraction of sp³-hybridized carbons (Fsp3) is 0.208. The van der Waals surface area contributed by atoms with Crippen LogP contribution >= 0.6 is 23.8 Å². The molecule has 31 heavy (non-hydrogen) atoms. The molecule has 0 saturated heterocycles. The lowest BCUT2D eigenvalue weighted by Gasteiger charge is -2.27. The number of halogens is 1. The molecule has 162 valence electrons. The number of rotatable bonds is 8. The molecule has 0 aliphatic carbocycles. The third-order valence-corrected chi connectivity index (χ3v) is 5.38. The molecule has 0 bridgehead atoms. The number of nitrogens with zero attached hydrogens (tertiary/aromatic N) is 1. The van der Waals surface area contributed by atoms with Crippen molar-refractivity contribution in [1.29, 1.82) is 0 Å². The SMILES string of the molecule is COc1ccc(CN(Cc2cc(OC)ccc2OC)C(=S)Nc2ccc(Cl)cc2)cc1. The number of nitrogens with one attached hydrogen (secondary N) is 1. The monoisotopic (exact) mass is 456 g/mol. The molecule has 5 nitrogen and oxygen atoms in total. The van der Waals surface area contributed by atoms with Gasteiger partial charge in [0.25, 0.3) is 0 Å². The maximum absolute atomic E-state index is 6.01. The second kappa shape index (κ2) is 10.9. The molecule has 0 heterocycles. The normalized spacial score (nSPS) is 10.3. The Balaban J connectivity index is 1.87. The zero-order chi connectivity index (χ0) is 22.2. The van der Waals surface area contributed by atoms with Crippen LogP contribution in [0.5, 0.6) is 17.2 Å². The standard InChI is InChI=1S/C24H25ClN2O3S/c1-28-21-10-4-17(5-11-21)15-27(24(31)26-20-8-6-19(25)7-9-20)16-18-14-22(29-2)12-13-23(18)30-3/h4-14H,15-16H2,1-3H3,(H,26,31). The van der Waals surface area contributed by atoms with Gasteiger partial charge >= 0.3 is 0 Å². The summed E-state index contributed by atoms with van der Waals surface area (Å²) in [5.74, 6) is 2.35. The van der Waals surface area contributed by atoms with Gasteiger partial charge in [-0.25, -0.2) is 0 Å². The molecule has 0 saturated carbocycles. The van der Waals surface area contributed by atoms with Gasteiger partial charge in [-0.3, -0.25) is 0 Å². The Hall–Kier alpha value is -2.96. The van der Waals surface area contributed by atoms with Crippen molar-refractivity contribution < 1.29 is 14.2 Å². The third-order valence-electron chi connectivity index (χ3n) is 4.76. The molecule has 0 fully saturated rings. The van der Waals surface area contributed by atoms with E-state index in [-0.39, 0.29) is 0 Å². The molecule has 3 aromatic rings. The summed E-state index contributed by atoms with van der Waals surface area (Å²) in [5, 5.41) is 4.56. The second-order valence-electron chi connectivity index (χ2n) is 6.82. The first-order chi connectivity index (χ1) is 15.0. The third kappa shape index (κ3) is 6.26. The van der Waals surface area contributed by atoms with Crippen LogP contribution in [-0.2, 0) is 13.1 Å². The second-order valence-corrected chi connectivity index (χ2v) is 7.64. The Kier molecular flexibility index (Phi) is 7.98. The largest absolute Gasteiger partial charge is 0.497 e. The highest BCUT2D eigenvalue weighted by atomic mass is 35.5. The molecule has 0 aliphatic heterocycles. The summed E-state index contributed by atoms with van der Waals surface area (Å²) in [6.07, 6.45) is 0. The van der Waals surface area contributed by atoms with Gasteiger partial charge in [0.15, 0.2) is 5.11 Å². The Bertz CT molecular complexity index is 1010. The van der Waals surface area contributed by atoms with E-state index < -0.39 is 0 Å². The predicted molar refractivity (Wildman–Crippen MR) is 129 cm³/mol. The lowest BCUT2D eigenvalue weighted by atomic mass is 10.1. The summed E-state index contributed by atoms with van der Waals surface area (Å²) >= 11 is 11.8. The average Bonchev–Trinajstić information content (AvgIpc) is 2.80. The van der Waals surface area contributed by atoms with Crippen LogP contribution in [0.4, 0.5) is 5.69 Å². The van der Waals surface area contributed by atoms with Crippen molar-refractivity contribution in [2.45, 2.75) is 13.1 Å². The molecular weight excluding hydrogens is 432 g/mol. The van der Waals surface area contributed by atoms with Crippen LogP contribution in [0.2, 0.25) is 5.02 Å². The van der Waals surface area contributed by atoms with E-state index in [0.29, 0.717) is 23.2 Å². The van der Waals surface area contributed by atoms with Gasteiger partial charge in [-0.15, -0.1) is 0 Å². The summed E-state index contributed by atoms with van der Waals surface area (Å²) < 4.78 is 16.2. The van der Waals surface area contributed by atoms with Gasteiger partial charge in [0.2, 0.25) is 0 Å². The highest BCUT2D eigenvalue weighted by Gasteiger charge is 2.15. The molecular formula is C24H25ClN2O3S. The maximum atomic E-state index is 6.01. The molecule has 0 atom stereocenters. The van der Waals surface area contributed by atoms with E-state index >= 15 is 0 Å². The van der Waals surface area contributed by atoms with Crippen LogP contribution in [-0.4, -0.2) is 31.3 Å². The van der Waals surface area contributed by atoms with E-state index in [1.54, 1.807) is 21.3 Å². The van der Waals surface area contributed by atoms with Crippen molar-refractivity contribution in [3.8, 4) is 17.2 Å². The molecule has 0 unspecified atom stereocenters. The molecule has 0 aliphatic rings. The number of thiocarbonyl (C=S) groups is 1. The van der Waals surface area contributed by atoms with Crippen molar-refractivity contribution >= 4 is 34.6 Å². The van der Waals surface area contributed by atoms with Gasteiger partial charge in [0.1, 0.15) is 17.2 Å². The first-order valence-corrected chi connectivity index (χ1v) is 10.5. The van der Waals surface area contributed by atoms with Crippen LogP contribution in [0.1, 0.15) is 11.1 Å². The van der Waals surface area contributed by atoms with E-state index in [1.165, 1.54) is 0 Å². The lowest BCUT2D eigenvalue weighted by Crippen LogP contribution is -2.34. The lowest BCUT2D eigenvalue weighted by molar-refractivity contribution is 0.372. The minimum absolute atomic E-state index is 0.534. The molecule has 3 rings (SSSR count). The maximum Gasteiger partial charge on any atom is 0.174 e. The number of anilines is 1. The van der Waals surface area contributed by atoms with E-state index in [0.717, 1.165) is 34.1 Å². The van der Waals surface area contributed by atoms with Gasteiger partial charge in [-0.05, 0) is 72.4 Å². The molecule has 7 heteroatoms. The van der Waals surface area contributed by atoms with Gasteiger partial charge in [0, 0.05) is 29.4 Å². The van der Waals surface area contributed by atoms with E-state index in [2.05, 4.69) is 10.2 Å². The topological polar surface area (TPSA) is 43.0 Å². The summed E-state index contributed by atoms with van der Waals surface area (Å²) in [6.45, 7) is 1.13. The number of ether oxygens (including phenoxy) is 3. The summed E-state index contributed by atoms with van der Waals surface area (Å²) in [7, 11) is 4.96. The molecule has 0 radical (unpaired) electrons. The van der Waals surface area contributed by atoms with Crippen molar-refractivity contribution in [1.82, 2.24) is 4.90 Å². The number of hydrogen-bond donors (Lipinski definition) is 1. The first-order valence-electron chi connectivity index (χ1n) is 9.67. The van der Waals surface area contributed by atoms with Crippen molar-refractivity contribution in [3.05, 3.63) is 82.9 Å². The zero-order valence-electron chi connectivity index (χ0n) is 17.7. The summed E-state index contributed by atoms with van der Waals surface area (Å²) in [6, 6.07) is 21.1. The number of benzene rings is 3. The van der Waals surface area contributed by atoms with E-state index in [1.807, 2.05) is 66.7 Å². The van der Waals surface area contributed by atoms with Gasteiger partial charge < -0.3 is 24.4 Å². The van der Waals surface area contributed by atoms with Crippen LogP contribution in [0.15, 0.2) is 66.7 Å². The molecule has 0 amide bonds. The average molecular weight is 457 g/mol. The summed E-state index contributed by atoms with van der Waals surface area (Å²) in [4.78, 5) is 2.07. The van der Waals surface area contributed by atoms with Crippen molar-refractivity contribution in [2.75, 3.05) is 26.6 Å². The van der Waals surface area contributed by atoms with Crippen LogP contribution in [0.25, 0.3) is 0 Å². The van der Waals surface area contributed by atoms with Crippen LogP contribution < -0.4 is 19.5 Å². The van der Waals surface area contributed by atoms with Gasteiger partial charge in [-0.2, -0.15) is 0 Å². The first kappa shape index (κ1) is 22.7. The van der Waals surface area contributed by atoms with Crippen molar-refractivity contribution in [3.63, 3.8) is 0 Å². The Morgan fingerprint density at radius 1 is 0.839 bits per heavy atom. The minimum Gasteiger partial charge on any atom is -0.497 e. The predicted octanol–water partition coefficient (Wildman–Crippen LogP) is 5.77. The zero-order valence-corrected chi connectivity index (χ0v) is 19.3. The molecule has 0 spiro atoms. The minimum atomic E-state index is 0.534. The number of hydrogen-bond acceptors (Lipinski definition) is 4. The Morgan fingerprint density at radius 2 is 1.48 bits per heavy atom. The highest BCUT2D eigenvalue weighted by molar-refractivity contribution is 7.80. The van der Waals surface area contributed by atoms with Gasteiger partial charge in [0.05, 0.1) is 21.3 Å². The molecule has 3 aromatic carbocycles. The van der Waals surface area contributed by atoms with Crippen molar-refractivity contribution in [2.24, 2.45) is 0 Å². The molecule has 0 aromatic heterocycles. The quantitative estimate of drug-likeness (QED) is 0.434. The smallest absolute Gasteiger partial charge is 0.174 e. The Morgan fingerprint density at radius 3 is 2.10 bits per heavy atom. The number of methoxy groups -OCH3 is 3. The highest BCUT2D eigenvalue weighted by Crippen LogP contribution is 2.26. The van der Waals surface area contributed by atoms with E-state index in [9.17, 15) is 0 Å². The fourth-order valence-corrected chi connectivity index (χ4v) is 3.47.